The fourth-order valence-corrected chi connectivity index (χ4v) is 2.80. The fourth-order valence-electron chi connectivity index (χ4n) is 2.80. The number of halogens is 3. The number of carbonyl (C=O) groups is 1. The Morgan fingerprint density at radius 3 is 1.35 bits per heavy atom. The Kier molecular flexibility index (Phi) is 15.9. The zero-order valence-corrected chi connectivity index (χ0v) is 14.8. The Morgan fingerprint density at radius 2 is 1.00 bits per heavy atom. The molecule has 0 heterocycles. The third-order valence-corrected chi connectivity index (χ3v) is 4.33. The first kappa shape index (κ1) is 22.5. The van der Waals surface area contributed by atoms with Gasteiger partial charge in [-0.2, -0.15) is 0 Å². The Bertz CT molecular complexity index is 269. The van der Waals surface area contributed by atoms with Crippen LogP contribution in [-0.2, 0) is 4.79 Å². The van der Waals surface area contributed by atoms with E-state index in [1.165, 1.54) is 64.2 Å². The van der Waals surface area contributed by atoms with Crippen LogP contribution in [0.2, 0.25) is 0 Å². The lowest BCUT2D eigenvalue weighted by molar-refractivity contribution is -0.134. The molecular weight excluding hydrogens is 301 g/mol. The summed E-state index contributed by atoms with van der Waals surface area (Å²) in [4.78, 5) is 10.7. The smallest absolute Gasteiger partial charge is 0.290 e. The van der Waals surface area contributed by atoms with Gasteiger partial charge in [-0.15, -0.1) is 0 Å². The molecule has 0 amide bonds. The monoisotopic (exact) mass is 336 g/mol. The van der Waals surface area contributed by atoms with E-state index in [4.69, 9.17) is 0 Å². The van der Waals surface area contributed by atoms with Crippen LogP contribution in [0.4, 0.5) is 13.2 Å². The van der Waals surface area contributed by atoms with Gasteiger partial charge in [0.15, 0.2) is 6.17 Å². The number of hydrogen-bond donors (Lipinski definition) is 0. The van der Waals surface area contributed by atoms with Crippen LogP contribution in [0.3, 0.4) is 0 Å². The lowest BCUT2D eigenvalue weighted by Crippen LogP contribution is -2.22. The molecule has 0 saturated carbocycles. The molecule has 0 saturated heterocycles. The number of ketones is 1. The van der Waals surface area contributed by atoms with Crippen molar-refractivity contribution in [3.8, 4) is 0 Å². The topological polar surface area (TPSA) is 17.1 Å². The van der Waals surface area contributed by atoms with Crippen molar-refractivity contribution in [3.63, 3.8) is 0 Å². The summed E-state index contributed by atoms with van der Waals surface area (Å²) in [5.41, 5.74) is 0. The van der Waals surface area contributed by atoms with Crippen LogP contribution in [0.15, 0.2) is 0 Å². The Morgan fingerprint density at radius 1 is 0.652 bits per heavy atom. The predicted molar refractivity (Wildman–Crippen MR) is 90.8 cm³/mol. The molecule has 0 aliphatic rings. The van der Waals surface area contributed by atoms with Gasteiger partial charge >= 0.3 is 0 Å². The van der Waals surface area contributed by atoms with Crippen molar-refractivity contribution in [1.82, 2.24) is 0 Å². The molecule has 23 heavy (non-hydrogen) atoms. The van der Waals surface area contributed by atoms with E-state index in [0.29, 0.717) is 6.42 Å². The standard InChI is InChI=1S/C19H35F3O/c1-2-3-4-5-6-7-8-9-10-11-12-13-14-15-16-17(20)18(23)19(21)22/h17,19H,2-16H2,1H3. The number of Topliss-reactive ketones (excluding diaryl/α,β-unsaturated/α-hetero) is 1. The number of unbranched alkanes of at least 4 members (excludes halogenated alkanes) is 13. The van der Waals surface area contributed by atoms with Crippen molar-refractivity contribution in [2.24, 2.45) is 0 Å². The van der Waals surface area contributed by atoms with Crippen LogP contribution >= 0.6 is 0 Å². The minimum absolute atomic E-state index is 0.0544. The van der Waals surface area contributed by atoms with E-state index >= 15 is 0 Å². The average molecular weight is 336 g/mol. The summed E-state index contributed by atoms with van der Waals surface area (Å²) in [7, 11) is 0. The molecular formula is C19H35F3O. The van der Waals surface area contributed by atoms with Crippen LogP contribution < -0.4 is 0 Å². The van der Waals surface area contributed by atoms with E-state index in [1.54, 1.807) is 0 Å². The maximum Gasteiger partial charge on any atom is 0.298 e. The molecule has 1 unspecified atom stereocenters. The molecule has 1 atom stereocenters. The van der Waals surface area contributed by atoms with Gasteiger partial charge < -0.3 is 0 Å². The van der Waals surface area contributed by atoms with Gasteiger partial charge in [0.1, 0.15) is 0 Å². The fraction of sp³-hybridized carbons (Fsp3) is 0.947. The molecule has 1 nitrogen and oxygen atoms in total. The van der Waals surface area contributed by atoms with E-state index in [1.807, 2.05) is 0 Å². The molecule has 0 aromatic carbocycles. The first-order chi connectivity index (χ1) is 11.1. The average Bonchev–Trinajstić information content (AvgIpc) is 2.54. The summed E-state index contributed by atoms with van der Waals surface area (Å²) in [6, 6.07) is 0. The molecule has 0 aromatic rings. The van der Waals surface area contributed by atoms with Crippen molar-refractivity contribution in [1.29, 1.82) is 0 Å². The highest BCUT2D eigenvalue weighted by molar-refractivity contribution is 5.85. The highest BCUT2D eigenvalue weighted by Crippen LogP contribution is 2.15. The van der Waals surface area contributed by atoms with Crippen molar-refractivity contribution >= 4 is 5.78 Å². The highest BCUT2D eigenvalue weighted by Gasteiger charge is 2.25. The van der Waals surface area contributed by atoms with E-state index in [2.05, 4.69) is 6.92 Å². The van der Waals surface area contributed by atoms with Crippen LogP contribution in [0, 0.1) is 0 Å². The second kappa shape index (κ2) is 16.3. The zero-order valence-electron chi connectivity index (χ0n) is 14.8. The summed E-state index contributed by atoms with van der Waals surface area (Å²) < 4.78 is 37.0. The normalized spacial score (nSPS) is 12.7. The van der Waals surface area contributed by atoms with Gasteiger partial charge in [-0.1, -0.05) is 96.8 Å². The SMILES string of the molecule is CCCCCCCCCCCCCCCCC(F)C(=O)C(F)F. The second-order valence-corrected chi connectivity index (χ2v) is 6.56. The van der Waals surface area contributed by atoms with Crippen molar-refractivity contribution < 1.29 is 18.0 Å². The van der Waals surface area contributed by atoms with E-state index in [-0.39, 0.29) is 6.42 Å². The van der Waals surface area contributed by atoms with Gasteiger partial charge in [-0.25, -0.2) is 13.2 Å². The molecule has 0 aliphatic heterocycles. The lowest BCUT2D eigenvalue weighted by atomic mass is 10.0. The van der Waals surface area contributed by atoms with E-state index < -0.39 is 18.4 Å². The predicted octanol–water partition coefficient (Wildman–Crippen LogP) is 7.03. The number of hydrogen-bond acceptors (Lipinski definition) is 1. The van der Waals surface area contributed by atoms with Crippen LogP contribution in [-0.4, -0.2) is 18.4 Å². The zero-order chi connectivity index (χ0) is 17.3. The van der Waals surface area contributed by atoms with Crippen LogP contribution in [0.25, 0.3) is 0 Å². The molecule has 0 rings (SSSR count). The largest absolute Gasteiger partial charge is 0.298 e. The Labute approximate surface area is 140 Å². The lowest BCUT2D eigenvalue weighted by Gasteiger charge is -2.06. The summed E-state index contributed by atoms with van der Waals surface area (Å²) >= 11 is 0. The summed E-state index contributed by atoms with van der Waals surface area (Å²) in [6.07, 6.45) is 11.5. The summed E-state index contributed by atoms with van der Waals surface area (Å²) in [6.45, 7) is 2.23. The third kappa shape index (κ3) is 14.8. The third-order valence-electron chi connectivity index (χ3n) is 4.33. The molecule has 0 N–H and O–H groups in total. The van der Waals surface area contributed by atoms with Gasteiger partial charge in [0, 0.05) is 0 Å². The van der Waals surface area contributed by atoms with Gasteiger partial charge in [-0.05, 0) is 6.42 Å². The summed E-state index contributed by atoms with van der Waals surface area (Å²) in [5.74, 6) is -1.56. The van der Waals surface area contributed by atoms with E-state index in [0.717, 1.165) is 19.3 Å². The van der Waals surface area contributed by atoms with Gasteiger partial charge in [0.2, 0.25) is 5.78 Å². The van der Waals surface area contributed by atoms with Crippen molar-refractivity contribution in [2.75, 3.05) is 0 Å². The Balaban J connectivity index is 3.18. The molecule has 0 fully saturated rings. The molecule has 0 spiro atoms. The molecule has 0 radical (unpaired) electrons. The van der Waals surface area contributed by atoms with E-state index in [9.17, 15) is 18.0 Å². The molecule has 4 heteroatoms. The second-order valence-electron chi connectivity index (χ2n) is 6.56. The molecule has 0 bridgehead atoms. The summed E-state index contributed by atoms with van der Waals surface area (Å²) in [5, 5.41) is 0. The first-order valence-corrected chi connectivity index (χ1v) is 9.55. The number of rotatable bonds is 17. The van der Waals surface area contributed by atoms with Crippen LogP contribution in [0.5, 0.6) is 0 Å². The van der Waals surface area contributed by atoms with Gasteiger partial charge in [-0.3, -0.25) is 4.79 Å². The van der Waals surface area contributed by atoms with Crippen LogP contribution in [0.1, 0.15) is 103 Å². The molecule has 138 valence electrons. The number of carbonyl (C=O) groups excluding carboxylic acids is 1. The van der Waals surface area contributed by atoms with Crippen molar-refractivity contribution in [2.45, 2.75) is 116 Å². The molecule has 0 aliphatic carbocycles. The minimum Gasteiger partial charge on any atom is -0.290 e. The van der Waals surface area contributed by atoms with Gasteiger partial charge in [0.05, 0.1) is 0 Å². The van der Waals surface area contributed by atoms with Gasteiger partial charge in [0.25, 0.3) is 6.43 Å². The quantitative estimate of drug-likeness (QED) is 0.261. The maximum atomic E-state index is 13.1. The Hall–Kier alpha value is -0.540. The maximum absolute atomic E-state index is 13.1. The minimum atomic E-state index is -3.17. The highest BCUT2D eigenvalue weighted by atomic mass is 19.3. The number of alkyl halides is 3. The van der Waals surface area contributed by atoms with Crippen molar-refractivity contribution in [3.05, 3.63) is 0 Å². The molecule has 0 aromatic heterocycles. The first-order valence-electron chi connectivity index (χ1n) is 9.55.